The Morgan fingerprint density at radius 3 is 2.27 bits per heavy atom. The molecule has 0 atom stereocenters. The van der Waals surface area contributed by atoms with Crippen molar-refractivity contribution in [2.24, 2.45) is 11.8 Å². The second-order valence-electron chi connectivity index (χ2n) is 12.3. The van der Waals surface area contributed by atoms with Gasteiger partial charge in [-0.1, -0.05) is 45.2 Å². The number of carbonyl (C=O) groups excluding carboxylic acids is 1. The first kappa shape index (κ1) is 34.1. The molecule has 6 nitrogen and oxygen atoms in total. The maximum absolute atomic E-state index is 14.0. The van der Waals surface area contributed by atoms with Crippen LogP contribution in [0.4, 0.5) is 5.82 Å². The summed E-state index contributed by atoms with van der Waals surface area (Å²) in [5.74, 6) is 3.94. The highest BCUT2D eigenvalue weighted by atomic mass is 32.1. The maximum atomic E-state index is 14.0. The number of ether oxygens (including phenoxy) is 1. The lowest BCUT2D eigenvalue weighted by Crippen LogP contribution is -2.41. The Morgan fingerprint density at radius 1 is 0.955 bits per heavy atom. The van der Waals surface area contributed by atoms with Crippen molar-refractivity contribution in [2.45, 2.75) is 110 Å². The van der Waals surface area contributed by atoms with E-state index in [1.807, 2.05) is 26.2 Å². The number of hydrogen-bond acceptors (Lipinski definition) is 6. The SMILES string of the molecule is CC.CCO.COc1ccc(C2CCC(CN(C(=O)C3CCCCC3)c3cc(-c4cnc(C5CC5)s4)ccn3)CC2)cc1C. The van der Waals surface area contributed by atoms with Crippen molar-refractivity contribution < 1.29 is 14.6 Å². The molecule has 3 aromatic rings. The van der Waals surface area contributed by atoms with E-state index in [2.05, 4.69) is 47.1 Å². The average molecular weight is 620 g/mol. The molecule has 3 fully saturated rings. The fourth-order valence-electron chi connectivity index (χ4n) is 6.62. The summed E-state index contributed by atoms with van der Waals surface area (Å²) < 4.78 is 5.47. The molecule has 3 aliphatic carbocycles. The molecule has 1 amide bonds. The second kappa shape index (κ2) is 17.1. The van der Waals surface area contributed by atoms with Gasteiger partial charge in [0.1, 0.15) is 11.6 Å². The molecule has 240 valence electrons. The van der Waals surface area contributed by atoms with E-state index in [4.69, 9.17) is 14.8 Å². The molecule has 3 saturated carbocycles. The van der Waals surface area contributed by atoms with Crippen LogP contribution in [0.15, 0.2) is 42.7 Å². The van der Waals surface area contributed by atoms with Gasteiger partial charge < -0.3 is 9.84 Å². The molecule has 3 aliphatic rings. The Kier molecular flexibility index (Phi) is 13.2. The van der Waals surface area contributed by atoms with Crippen molar-refractivity contribution >= 4 is 23.1 Å². The van der Waals surface area contributed by atoms with E-state index < -0.39 is 0 Å². The first-order valence-electron chi connectivity index (χ1n) is 17.0. The summed E-state index contributed by atoms with van der Waals surface area (Å²) >= 11 is 1.80. The monoisotopic (exact) mass is 619 g/mol. The number of aliphatic hydroxyl groups is 1. The summed E-state index contributed by atoms with van der Waals surface area (Å²) in [5, 5.41) is 8.82. The zero-order chi connectivity index (χ0) is 31.5. The number of aliphatic hydroxyl groups excluding tert-OH is 1. The lowest BCUT2D eigenvalue weighted by molar-refractivity contribution is -0.123. The van der Waals surface area contributed by atoms with Gasteiger partial charge in [-0.3, -0.25) is 9.69 Å². The molecular weight excluding hydrogens is 566 g/mol. The van der Waals surface area contributed by atoms with Crippen molar-refractivity contribution in [3.8, 4) is 16.2 Å². The molecule has 44 heavy (non-hydrogen) atoms. The van der Waals surface area contributed by atoms with Crippen LogP contribution in [0.2, 0.25) is 0 Å². The fourth-order valence-corrected chi connectivity index (χ4v) is 7.70. The quantitative estimate of drug-likeness (QED) is 0.272. The molecule has 0 spiro atoms. The normalized spacial score (nSPS) is 20.0. The number of hydrogen-bond donors (Lipinski definition) is 1. The third kappa shape index (κ3) is 8.91. The molecule has 1 N–H and O–H groups in total. The van der Waals surface area contributed by atoms with Crippen LogP contribution in [-0.4, -0.2) is 41.2 Å². The van der Waals surface area contributed by atoms with Crippen LogP contribution in [-0.2, 0) is 4.79 Å². The van der Waals surface area contributed by atoms with Crippen LogP contribution in [0.5, 0.6) is 5.75 Å². The summed E-state index contributed by atoms with van der Waals surface area (Å²) in [6.07, 6.45) is 16.6. The van der Waals surface area contributed by atoms with Gasteiger partial charge in [0.05, 0.1) is 17.0 Å². The number of amides is 1. The zero-order valence-electron chi connectivity index (χ0n) is 27.6. The number of rotatable bonds is 8. The van der Waals surface area contributed by atoms with Gasteiger partial charge in [-0.05, 0) is 112 Å². The minimum absolute atomic E-state index is 0.132. The topological polar surface area (TPSA) is 75.6 Å². The molecule has 0 bridgehead atoms. The Balaban J connectivity index is 0.000000834. The molecule has 7 heteroatoms. The number of anilines is 1. The van der Waals surface area contributed by atoms with Crippen LogP contribution in [0.25, 0.3) is 10.4 Å². The number of methoxy groups -OCH3 is 1. The third-order valence-corrected chi connectivity index (χ3v) is 10.4. The van der Waals surface area contributed by atoms with Crippen molar-refractivity contribution in [2.75, 3.05) is 25.2 Å². The number of carbonyl (C=O) groups is 1. The van der Waals surface area contributed by atoms with Gasteiger partial charge in [0, 0.05) is 37.4 Å². The van der Waals surface area contributed by atoms with Crippen LogP contribution >= 0.6 is 11.3 Å². The Hall–Kier alpha value is -2.77. The molecule has 2 aromatic heterocycles. The van der Waals surface area contributed by atoms with Crippen molar-refractivity contribution in [3.05, 3.63) is 58.9 Å². The van der Waals surface area contributed by atoms with Crippen molar-refractivity contribution in [1.82, 2.24) is 9.97 Å². The smallest absolute Gasteiger partial charge is 0.231 e. The summed E-state index contributed by atoms with van der Waals surface area (Å²) in [4.78, 5) is 26.7. The van der Waals surface area contributed by atoms with Gasteiger partial charge in [-0.2, -0.15) is 0 Å². The van der Waals surface area contributed by atoms with E-state index in [1.54, 1.807) is 25.4 Å². The first-order chi connectivity index (χ1) is 21.5. The third-order valence-electron chi connectivity index (χ3n) is 9.16. The number of benzene rings is 1. The lowest BCUT2D eigenvalue weighted by Gasteiger charge is -2.35. The number of nitrogens with zero attached hydrogens (tertiary/aromatic N) is 3. The molecule has 0 saturated heterocycles. The molecule has 6 rings (SSSR count). The molecule has 0 radical (unpaired) electrons. The first-order valence-corrected chi connectivity index (χ1v) is 17.8. The second-order valence-corrected chi connectivity index (χ2v) is 13.3. The van der Waals surface area contributed by atoms with Crippen LogP contribution in [0, 0.1) is 18.8 Å². The van der Waals surface area contributed by atoms with E-state index >= 15 is 0 Å². The van der Waals surface area contributed by atoms with Gasteiger partial charge in [0.15, 0.2) is 0 Å². The lowest BCUT2D eigenvalue weighted by atomic mass is 9.78. The summed E-state index contributed by atoms with van der Waals surface area (Å²) in [6.45, 7) is 8.83. The largest absolute Gasteiger partial charge is 0.496 e. The number of aryl methyl sites for hydroxylation is 1. The molecule has 0 aliphatic heterocycles. The van der Waals surface area contributed by atoms with Gasteiger partial charge in [0.25, 0.3) is 0 Å². The summed E-state index contributed by atoms with van der Waals surface area (Å²) in [6, 6.07) is 10.8. The highest BCUT2D eigenvalue weighted by Crippen LogP contribution is 2.44. The summed E-state index contributed by atoms with van der Waals surface area (Å²) in [5.41, 5.74) is 3.76. The fraction of sp³-hybridized carbons (Fsp3) is 0.595. The molecule has 0 unspecified atom stereocenters. The van der Waals surface area contributed by atoms with E-state index in [1.165, 1.54) is 53.1 Å². The van der Waals surface area contributed by atoms with Gasteiger partial charge in [-0.25, -0.2) is 9.97 Å². The van der Waals surface area contributed by atoms with E-state index in [-0.39, 0.29) is 18.4 Å². The number of aromatic nitrogens is 2. The Labute approximate surface area is 269 Å². The van der Waals surface area contributed by atoms with Gasteiger partial charge in [0.2, 0.25) is 5.91 Å². The predicted molar refractivity (Wildman–Crippen MR) is 183 cm³/mol. The highest BCUT2D eigenvalue weighted by molar-refractivity contribution is 7.15. The molecular formula is C37H53N3O3S. The minimum atomic E-state index is 0.132. The number of thiazole rings is 1. The Morgan fingerprint density at radius 2 is 1.64 bits per heavy atom. The number of pyridine rings is 1. The average Bonchev–Trinajstić information content (AvgIpc) is 3.81. The van der Waals surface area contributed by atoms with E-state index in [0.717, 1.165) is 62.2 Å². The van der Waals surface area contributed by atoms with Gasteiger partial charge in [-0.15, -0.1) is 11.3 Å². The summed E-state index contributed by atoms with van der Waals surface area (Å²) in [7, 11) is 1.74. The standard InChI is InChI=1S/C33H41N3O2S.C2H6O.C2H6/c1-22-18-27(14-15-29(22)38-2)24-10-8-23(9-11-24)21-36(33(37)26-6-4-3-5-7-26)31-19-28(16-17-34-31)30-20-35-32(39-30)25-12-13-25;1-2-3;1-2/h14-20,23-26H,3-13,21H2,1-2H3;3H,2H2,1H3;1-2H3. The van der Waals surface area contributed by atoms with Crippen LogP contribution < -0.4 is 9.64 Å². The van der Waals surface area contributed by atoms with E-state index in [0.29, 0.717) is 17.8 Å². The molecule has 1 aromatic carbocycles. The zero-order valence-corrected chi connectivity index (χ0v) is 28.4. The minimum Gasteiger partial charge on any atom is -0.496 e. The van der Waals surface area contributed by atoms with Crippen LogP contribution in [0.1, 0.15) is 119 Å². The van der Waals surface area contributed by atoms with Crippen molar-refractivity contribution in [3.63, 3.8) is 0 Å². The van der Waals surface area contributed by atoms with Gasteiger partial charge >= 0.3 is 0 Å². The van der Waals surface area contributed by atoms with Crippen molar-refractivity contribution in [1.29, 1.82) is 0 Å². The maximum Gasteiger partial charge on any atom is 0.231 e. The highest BCUT2D eigenvalue weighted by Gasteiger charge is 2.32. The van der Waals surface area contributed by atoms with Crippen LogP contribution in [0.3, 0.4) is 0 Å². The predicted octanol–water partition coefficient (Wildman–Crippen LogP) is 9.31. The van der Waals surface area contributed by atoms with E-state index in [9.17, 15) is 4.79 Å². The molecule has 2 heterocycles. The Bertz CT molecular complexity index is 1310.